The molecule has 1 heterocycles. The maximum Gasteiger partial charge on any atom is 0.337 e. The molecule has 0 spiro atoms. The van der Waals surface area contributed by atoms with Crippen LogP contribution in [0.5, 0.6) is 0 Å². The smallest absolute Gasteiger partial charge is 0.337 e. The molecule has 0 aliphatic rings. The highest BCUT2D eigenvalue weighted by Crippen LogP contribution is 2.21. The number of amides is 1. The lowest BCUT2D eigenvalue weighted by atomic mass is 10.1. The number of anilines is 1. The van der Waals surface area contributed by atoms with Crippen LogP contribution in [-0.4, -0.2) is 27.2 Å². The fourth-order valence-corrected chi connectivity index (χ4v) is 1.62. The number of nitrogens with one attached hydrogen (secondary N) is 1. The van der Waals surface area contributed by atoms with Crippen LogP contribution in [-0.2, 0) is 0 Å². The molecule has 1 aromatic carbocycles. The number of aryl methyl sites for hydroxylation is 1. The highest BCUT2D eigenvalue weighted by Gasteiger charge is 2.15. The molecule has 1 amide bonds. The number of carboxylic acid groups (broad SMARTS) is 1. The number of rotatable bonds is 3. The van der Waals surface area contributed by atoms with Crippen LogP contribution in [0.25, 0.3) is 0 Å². The van der Waals surface area contributed by atoms with Gasteiger partial charge in [-0.2, -0.15) is 10.2 Å². The van der Waals surface area contributed by atoms with Crippen molar-refractivity contribution in [3.63, 3.8) is 0 Å². The third-order valence-corrected chi connectivity index (χ3v) is 2.59. The van der Waals surface area contributed by atoms with E-state index in [2.05, 4.69) is 15.5 Å². The number of benzene rings is 1. The van der Waals surface area contributed by atoms with Crippen LogP contribution < -0.4 is 5.32 Å². The van der Waals surface area contributed by atoms with Crippen LogP contribution in [0.2, 0.25) is 0 Å². The number of aromatic nitrogens is 2. The number of carboxylic acids is 1. The Bertz CT molecular complexity index is 626. The zero-order valence-electron chi connectivity index (χ0n) is 10.1. The zero-order valence-corrected chi connectivity index (χ0v) is 10.1. The van der Waals surface area contributed by atoms with Crippen molar-refractivity contribution < 1.29 is 14.7 Å². The lowest BCUT2D eigenvalue weighted by Gasteiger charge is -2.11. The van der Waals surface area contributed by atoms with Crippen molar-refractivity contribution in [1.82, 2.24) is 10.2 Å². The second-order valence-corrected chi connectivity index (χ2v) is 3.89. The Balaban J connectivity index is 2.34. The van der Waals surface area contributed by atoms with Crippen molar-refractivity contribution in [2.45, 2.75) is 6.92 Å². The maximum atomic E-state index is 12.0. The van der Waals surface area contributed by atoms with E-state index in [1.54, 1.807) is 19.1 Å². The van der Waals surface area contributed by atoms with Gasteiger partial charge in [0, 0.05) is 0 Å². The summed E-state index contributed by atoms with van der Waals surface area (Å²) in [7, 11) is 0. The van der Waals surface area contributed by atoms with Gasteiger partial charge in [-0.1, -0.05) is 12.1 Å². The molecular formula is C13H11N3O3. The molecule has 0 atom stereocenters. The summed E-state index contributed by atoms with van der Waals surface area (Å²) in [6.45, 7) is 1.73. The van der Waals surface area contributed by atoms with Gasteiger partial charge in [0.15, 0.2) is 0 Å². The SMILES string of the molecule is Cc1cccc(C(=O)O)c1NC(=O)c1ccnnc1. The van der Waals surface area contributed by atoms with Crippen molar-refractivity contribution in [3.8, 4) is 0 Å². The topological polar surface area (TPSA) is 92.2 Å². The fourth-order valence-electron chi connectivity index (χ4n) is 1.62. The Morgan fingerprint density at radius 2 is 2.00 bits per heavy atom. The fraction of sp³-hybridized carbons (Fsp3) is 0.0769. The molecule has 0 unspecified atom stereocenters. The predicted octanol–water partition coefficient (Wildman–Crippen LogP) is 1.74. The first-order valence-corrected chi connectivity index (χ1v) is 5.50. The van der Waals surface area contributed by atoms with E-state index < -0.39 is 11.9 Å². The van der Waals surface area contributed by atoms with Gasteiger partial charge < -0.3 is 10.4 Å². The summed E-state index contributed by atoms with van der Waals surface area (Å²) in [6, 6.07) is 6.30. The van der Waals surface area contributed by atoms with E-state index in [1.165, 1.54) is 24.5 Å². The Morgan fingerprint density at radius 1 is 1.21 bits per heavy atom. The van der Waals surface area contributed by atoms with Gasteiger partial charge in [-0.25, -0.2) is 4.79 Å². The number of nitrogens with zero attached hydrogens (tertiary/aromatic N) is 2. The van der Waals surface area contributed by atoms with E-state index in [4.69, 9.17) is 5.11 Å². The highest BCUT2D eigenvalue weighted by atomic mass is 16.4. The van der Waals surface area contributed by atoms with E-state index in [-0.39, 0.29) is 11.3 Å². The molecule has 0 saturated heterocycles. The first-order chi connectivity index (χ1) is 9.09. The third kappa shape index (κ3) is 2.74. The van der Waals surface area contributed by atoms with Gasteiger partial charge in [-0.05, 0) is 24.6 Å². The first kappa shape index (κ1) is 12.7. The summed E-state index contributed by atoms with van der Waals surface area (Å²) in [5.74, 6) is -1.52. The van der Waals surface area contributed by atoms with E-state index in [1.807, 2.05) is 0 Å². The van der Waals surface area contributed by atoms with E-state index in [0.29, 0.717) is 11.1 Å². The molecule has 96 valence electrons. The lowest BCUT2D eigenvalue weighted by molar-refractivity contribution is 0.0698. The van der Waals surface area contributed by atoms with Crippen molar-refractivity contribution in [2.24, 2.45) is 0 Å². The number of para-hydroxylation sites is 1. The van der Waals surface area contributed by atoms with Gasteiger partial charge in [-0.3, -0.25) is 4.79 Å². The molecule has 0 radical (unpaired) electrons. The molecule has 0 bridgehead atoms. The Hall–Kier alpha value is -2.76. The molecule has 2 rings (SSSR count). The van der Waals surface area contributed by atoms with Gasteiger partial charge in [0.2, 0.25) is 0 Å². The van der Waals surface area contributed by atoms with Crippen molar-refractivity contribution in [3.05, 3.63) is 53.3 Å². The summed E-state index contributed by atoms with van der Waals surface area (Å²) in [5.41, 5.74) is 1.33. The van der Waals surface area contributed by atoms with Crippen LogP contribution in [0, 0.1) is 6.92 Å². The average molecular weight is 257 g/mol. The van der Waals surface area contributed by atoms with E-state index in [9.17, 15) is 9.59 Å². The summed E-state index contributed by atoms with van der Waals surface area (Å²) in [4.78, 5) is 23.1. The molecule has 2 aromatic rings. The van der Waals surface area contributed by atoms with Crippen LogP contribution in [0.3, 0.4) is 0 Å². The number of aromatic carboxylic acids is 1. The zero-order chi connectivity index (χ0) is 13.8. The summed E-state index contributed by atoms with van der Waals surface area (Å²) in [6.07, 6.45) is 2.71. The summed E-state index contributed by atoms with van der Waals surface area (Å²) >= 11 is 0. The Morgan fingerprint density at radius 3 is 2.63 bits per heavy atom. The van der Waals surface area contributed by atoms with E-state index >= 15 is 0 Å². The standard InChI is InChI=1S/C13H11N3O3/c1-8-3-2-4-10(13(18)19)11(8)16-12(17)9-5-6-14-15-7-9/h2-7H,1H3,(H,16,17)(H,18,19). The second kappa shape index (κ2) is 5.26. The molecule has 2 N–H and O–H groups in total. The van der Waals surface area contributed by atoms with Crippen LogP contribution in [0.15, 0.2) is 36.7 Å². The van der Waals surface area contributed by atoms with Crippen LogP contribution in [0.4, 0.5) is 5.69 Å². The number of hydrogen-bond donors (Lipinski definition) is 2. The third-order valence-electron chi connectivity index (χ3n) is 2.59. The lowest BCUT2D eigenvalue weighted by Crippen LogP contribution is -2.16. The quantitative estimate of drug-likeness (QED) is 0.873. The summed E-state index contributed by atoms with van der Waals surface area (Å²) in [5, 5.41) is 18.9. The van der Waals surface area contributed by atoms with Crippen molar-refractivity contribution in [2.75, 3.05) is 5.32 Å². The Kier molecular flexibility index (Phi) is 3.51. The van der Waals surface area contributed by atoms with Gasteiger partial charge in [0.05, 0.1) is 29.2 Å². The second-order valence-electron chi connectivity index (χ2n) is 3.89. The molecule has 0 fully saturated rings. The van der Waals surface area contributed by atoms with Crippen LogP contribution >= 0.6 is 0 Å². The predicted molar refractivity (Wildman–Crippen MR) is 68.1 cm³/mol. The molecule has 0 aliphatic carbocycles. The highest BCUT2D eigenvalue weighted by molar-refractivity contribution is 6.08. The van der Waals surface area contributed by atoms with E-state index in [0.717, 1.165) is 0 Å². The van der Waals surface area contributed by atoms with Crippen LogP contribution in [0.1, 0.15) is 26.3 Å². The number of carbonyl (C=O) groups excluding carboxylic acids is 1. The molecular weight excluding hydrogens is 246 g/mol. The monoisotopic (exact) mass is 257 g/mol. The average Bonchev–Trinajstić information content (AvgIpc) is 2.41. The number of carbonyl (C=O) groups is 2. The first-order valence-electron chi connectivity index (χ1n) is 5.50. The minimum absolute atomic E-state index is 0.0513. The molecule has 6 nitrogen and oxygen atoms in total. The van der Waals surface area contributed by atoms with Gasteiger partial charge in [0.1, 0.15) is 0 Å². The minimum atomic E-state index is -1.09. The molecule has 0 saturated carbocycles. The van der Waals surface area contributed by atoms with Crippen molar-refractivity contribution >= 4 is 17.6 Å². The molecule has 19 heavy (non-hydrogen) atoms. The number of hydrogen-bond acceptors (Lipinski definition) is 4. The van der Waals surface area contributed by atoms with Gasteiger partial charge in [0.25, 0.3) is 5.91 Å². The largest absolute Gasteiger partial charge is 0.478 e. The molecule has 6 heteroatoms. The molecule has 0 aliphatic heterocycles. The van der Waals surface area contributed by atoms with Gasteiger partial charge >= 0.3 is 5.97 Å². The van der Waals surface area contributed by atoms with Crippen molar-refractivity contribution in [1.29, 1.82) is 0 Å². The maximum absolute atomic E-state index is 12.0. The normalized spacial score (nSPS) is 9.95. The minimum Gasteiger partial charge on any atom is -0.478 e. The Labute approximate surface area is 109 Å². The molecule has 1 aromatic heterocycles. The summed E-state index contributed by atoms with van der Waals surface area (Å²) < 4.78 is 0. The van der Waals surface area contributed by atoms with Gasteiger partial charge in [-0.15, -0.1) is 0 Å².